The summed E-state index contributed by atoms with van der Waals surface area (Å²) in [5.41, 5.74) is 0.110. The van der Waals surface area contributed by atoms with Crippen molar-refractivity contribution in [3.63, 3.8) is 0 Å². The number of hydrogen-bond acceptors (Lipinski definition) is 4. The monoisotopic (exact) mass is 252 g/mol. The first kappa shape index (κ1) is 13.2. The first-order chi connectivity index (χ1) is 7.33. The van der Waals surface area contributed by atoms with E-state index in [1.54, 1.807) is 6.26 Å². The normalized spacial score (nSPS) is 11.4. The number of halogens is 3. The third-order valence-corrected chi connectivity index (χ3v) is 2.47. The summed E-state index contributed by atoms with van der Waals surface area (Å²) in [6.45, 7) is 0. The molecule has 1 aromatic carbocycles. The molecule has 8 heteroatoms. The first-order valence-electron chi connectivity index (χ1n) is 4.13. The van der Waals surface area contributed by atoms with Gasteiger partial charge in [0.15, 0.2) is 0 Å². The molecule has 3 nitrogen and oxygen atoms in total. The summed E-state index contributed by atoms with van der Waals surface area (Å²) in [4.78, 5) is 0.183. The maximum absolute atomic E-state index is 12.0. The summed E-state index contributed by atoms with van der Waals surface area (Å²) in [6, 6.07) is 3.44. The summed E-state index contributed by atoms with van der Waals surface area (Å²) in [5, 5.41) is 17.7. The zero-order chi connectivity index (χ0) is 12.3. The Kier molecular flexibility index (Phi) is 4.12. The van der Waals surface area contributed by atoms with Crippen LogP contribution >= 0.6 is 11.8 Å². The Hall–Kier alpha value is -0.855. The van der Waals surface area contributed by atoms with E-state index in [1.165, 1.54) is 6.07 Å². The van der Waals surface area contributed by atoms with E-state index in [9.17, 15) is 13.2 Å². The summed E-state index contributed by atoms with van der Waals surface area (Å²) in [6.07, 6.45) is -3.20. The van der Waals surface area contributed by atoms with Crippen molar-refractivity contribution in [1.29, 1.82) is 0 Å². The van der Waals surface area contributed by atoms with Crippen molar-refractivity contribution < 1.29 is 28.0 Å². The molecule has 0 heterocycles. The van der Waals surface area contributed by atoms with Crippen LogP contribution in [0.2, 0.25) is 0 Å². The van der Waals surface area contributed by atoms with Crippen molar-refractivity contribution in [2.75, 3.05) is 6.26 Å². The summed E-state index contributed by atoms with van der Waals surface area (Å²) >= 11 is 1.02. The van der Waals surface area contributed by atoms with Gasteiger partial charge < -0.3 is 14.8 Å². The van der Waals surface area contributed by atoms with Crippen molar-refractivity contribution in [2.24, 2.45) is 0 Å². The SMILES string of the molecule is CSc1cc(B(O)O)ccc1OC(F)(F)F. The molecule has 0 spiro atoms. The molecule has 16 heavy (non-hydrogen) atoms. The fourth-order valence-corrected chi connectivity index (χ4v) is 1.62. The van der Waals surface area contributed by atoms with Crippen molar-refractivity contribution in [3.05, 3.63) is 18.2 Å². The average Bonchev–Trinajstić information content (AvgIpc) is 2.15. The van der Waals surface area contributed by atoms with E-state index in [0.29, 0.717) is 0 Å². The number of rotatable bonds is 3. The van der Waals surface area contributed by atoms with E-state index in [4.69, 9.17) is 10.0 Å². The van der Waals surface area contributed by atoms with Crippen molar-refractivity contribution in [3.8, 4) is 5.75 Å². The van der Waals surface area contributed by atoms with Crippen LogP contribution in [-0.4, -0.2) is 29.8 Å². The number of thioether (sulfide) groups is 1. The number of hydrogen-bond donors (Lipinski definition) is 2. The molecule has 0 aliphatic heterocycles. The Morgan fingerprint density at radius 3 is 2.38 bits per heavy atom. The molecule has 0 aliphatic carbocycles. The molecule has 0 fully saturated rings. The number of benzene rings is 1. The molecule has 88 valence electrons. The fraction of sp³-hybridized carbons (Fsp3) is 0.250. The molecule has 1 aromatic rings. The van der Waals surface area contributed by atoms with Gasteiger partial charge in [0.05, 0.1) is 0 Å². The van der Waals surface area contributed by atoms with Gasteiger partial charge in [-0.25, -0.2) is 0 Å². The lowest BCUT2D eigenvalue weighted by molar-refractivity contribution is -0.275. The lowest BCUT2D eigenvalue weighted by atomic mass is 9.80. The molecule has 0 aliphatic rings. The van der Waals surface area contributed by atoms with Gasteiger partial charge in [-0.2, -0.15) is 0 Å². The quantitative estimate of drug-likeness (QED) is 0.622. The highest BCUT2D eigenvalue weighted by Gasteiger charge is 2.32. The molecule has 0 saturated carbocycles. The molecule has 0 unspecified atom stereocenters. The van der Waals surface area contributed by atoms with Crippen LogP contribution in [0.1, 0.15) is 0 Å². The second kappa shape index (κ2) is 4.98. The Bertz CT molecular complexity index is 370. The van der Waals surface area contributed by atoms with Crippen LogP contribution in [0.5, 0.6) is 5.75 Å². The zero-order valence-electron chi connectivity index (χ0n) is 8.15. The lowest BCUT2D eigenvalue weighted by Crippen LogP contribution is -2.30. The smallest absolute Gasteiger partial charge is 0.423 e. The predicted molar refractivity (Wildman–Crippen MR) is 54.7 cm³/mol. The molecular formula is C8H8BF3O3S. The predicted octanol–water partition coefficient (Wildman–Crippen LogP) is 0.987. The second-order valence-corrected chi connectivity index (χ2v) is 3.68. The second-order valence-electron chi connectivity index (χ2n) is 2.83. The van der Waals surface area contributed by atoms with Crippen molar-refractivity contribution >= 4 is 24.3 Å². The highest BCUT2D eigenvalue weighted by molar-refractivity contribution is 7.98. The zero-order valence-corrected chi connectivity index (χ0v) is 8.97. The van der Waals surface area contributed by atoms with Gasteiger partial charge in [0.2, 0.25) is 0 Å². The minimum absolute atomic E-state index is 0.110. The molecule has 0 atom stereocenters. The first-order valence-corrected chi connectivity index (χ1v) is 5.36. The minimum atomic E-state index is -4.76. The highest BCUT2D eigenvalue weighted by Crippen LogP contribution is 2.31. The average molecular weight is 252 g/mol. The Labute approximate surface area is 94.4 Å². The largest absolute Gasteiger partial charge is 0.573 e. The molecule has 0 radical (unpaired) electrons. The van der Waals surface area contributed by atoms with Gasteiger partial charge >= 0.3 is 13.5 Å². The van der Waals surface area contributed by atoms with E-state index in [0.717, 1.165) is 23.9 Å². The molecule has 1 rings (SSSR count). The van der Waals surface area contributed by atoms with Crippen LogP contribution in [0.15, 0.2) is 23.1 Å². The van der Waals surface area contributed by atoms with Crippen LogP contribution in [-0.2, 0) is 0 Å². The van der Waals surface area contributed by atoms with Gasteiger partial charge in [0.1, 0.15) is 5.75 Å². The van der Waals surface area contributed by atoms with Crippen LogP contribution in [0.3, 0.4) is 0 Å². The van der Waals surface area contributed by atoms with E-state index in [-0.39, 0.29) is 16.1 Å². The molecule has 0 saturated heterocycles. The third kappa shape index (κ3) is 3.62. The van der Waals surface area contributed by atoms with Crippen LogP contribution in [0.25, 0.3) is 0 Å². The lowest BCUT2D eigenvalue weighted by Gasteiger charge is -2.13. The highest BCUT2D eigenvalue weighted by atomic mass is 32.2. The summed E-state index contributed by atoms with van der Waals surface area (Å²) < 4.78 is 39.7. The van der Waals surface area contributed by atoms with Gasteiger partial charge in [-0.1, -0.05) is 6.07 Å². The molecule has 0 aromatic heterocycles. The van der Waals surface area contributed by atoms with Crippen LogP contribution < -0.4 is 10.2 Å². The van der Waals surface area contributed by atoms with Gasteiger partial charge in [-0.15, -0.1) is 24.9 Å². The maximum atomic E-state index is 12.0. The summed E-state index contributed by atoms with van der Waals surface area (Å²) in [7, 11) is -1.72. The Morgan fingerprint density at radius 1 is 1.31 bits per heavy atom. The van der Waals surface area contributed by atoms with E-state index in [2.05, 4.69) is 4.74 Å². The minimum Gasteiger partial charge on any atom is -0.423 e. The topological polar surface area (TPSA) is 49.7 Å². The van der Waals surface area contributed by atoms with Gasteiger partial charge in [-0.05, 0) is 23.9 Å². The molecule has 0 bridgehead atoms. The van der Waals surface area contributed by atoms with E-state index >= 15 is 0 Å². The Morgan fingerprint density at radius 2 is 1.94 bits per heavy atom. The van der Waals surface area contributed by atoms with E-state index in [1.807, 2.05) is 0 Å². The van der Waals surface area contributed by atoms with Crippen molar-refractivity contribution in [1.82, 2.24) is 0 Å². The third-order valence-electron chi connectivity index (χ3n) is 1.71. The van der Waals surface area contributed by atoms with E-state index < -0.39 is 13.5 Å². The number of alkyl halides is 3. The summed E-state index contributed by atoms with van der Waals surface area (Å²) in [5.74, 6) is -0.357. The standard InChI is InChI=1S/C8H8BF3O3S/c1-16-7-4-5(9(13)14)2-3-6(7)15-8(10,11)12/h2-4,13-14H,1H3. The van der Waals surface area contributed by atoms with Crippen molar-refractivity contribution in [2.45, 2.75) is 11.3 Å². The van der Waals surface area contributed by atoms with Gasteiger partial charge in [0, 0.05) is 4.90 Å². The Balaban J connectivity index is 3.02. The maximum Gasteiger partial charge on any atom is 0.573 e. The molecular weight excluding hydrogens is 244 g/mol. The molecule has 2 N–H and O–H groups in total. The van der Waals surface area contributed by atoms with Gasteiger partial charge in [-0.3, -0.25) is 0 Å². The molecule has 0 amide bonds. The number of ether oxygens (including phenoxy) is 1. The van der Waals surface area contributed by atoms with Gasteiger partial charge in [0.25, 0.3) is 0 Å². The van der Waals surface area contributed by atoms with Crippen LogP contribution in [0.4, 0.5) is 13.2 Å². The van der Waals surface area contributed by atoms with Crippen LogP contribution in [0, 0.1) is 0 Å². The fourth-order valence-electron chi connectivity index (χ4n) is 1.05.